The molecule has 2 aromatic rings. The van der Waals surface area contributed by atoms with Crippen LogP contribution in [0.25, 0.3) is 5.57 Å². The molecule has 3 aliphatic rings. The van der Waals surface area contributed by atoms with Crippen molar-refractivity contribution in [2.75, 3.05) is 40.3 Å². The summed E-state index contributed by atoms with van der Waals surface area (Å²) in [4.78, 5) is 31.1. The first-order valence-corrected chi connectivity index (χ1v) is 13.0. The zero-order chi connectivity index (χ0) is 25.7. The van der Waals surface area contributed by atoms with Crippen molar-refractivity contribution in [3.63, 3.8) is 0 Å². The Morgan fingerprint density at radius 2 is 1.81 bits per heavy atom. The minimum atomic E-state index is -1.49. The maximum atomic E-state index is 13.0. The number of amides is 2. The quantitative estimate of drug-likeness (QED) is 0.663. The summed E-state index contributed by atoms with van der Waals surface area (Å²) in [7, 11) is 3.45. The van der Waals surface area contributed by atoms with Gasteiger partial charge in [-0.1, -0.05) is 54.1 Å². The van der Waals surface area contributed by atoms with Crippen LogP contribution in [-0.4, -0.2) is 77.9 Å². The molecule has 1 unspecified atom stereocenters. The second-order valence-corrected chi connectivity index (χ2v) is 11.4. The highest BCUT2D eigenvalue weighted by atomic mass is 35.5. The molecular weight excluding hydrogens is 474 g/mol. The fraction of sp³-hybridized carbons (Fsp3) is 0.448. The molecule has 1 N–H and O–H groups in total. The molecule has 0 aromatic heterocycles. The van der Waals surface area contributed by atoms with E-state index < -0.39 is 5.60 Å². The first-order chi connectivity index (χ1) is 17.1. The summed E-state index contributed by atoms with van der Waals surface area (Å²) in [5, 5.41) is 11.4. The van der Waals surface area contributed by atoms with E-state index in [1.165, 1.54) is 10.5 Å². The van der Waals surface area contributed by atoms with Gasteiger partial charge in [-0.2, -0.15) is 0 Å². The Hall–Kier alpha value is -2.67. The van der Waals surface area contributed by atoms with E-state index in [1.807, 2.05) is 41.3 Å². The summed E-state index contributed by atoms with van der Waals surface area (Å²) in [5.41, 5.74) is 2.24. The molecule has 7 heteroatoms. The topological polar surface area (TPSA) is 64.1 Å². The van der Waals surface area contributed by atoms with Crippen molar-refractivity contribution in [2.45, 2.75) is 37.8 Å². The lowest BCUT2D eigenvalue weighted by Gasteiger charge is -2.61. The van der Waals surface area contributed by atoms with E-state index >= 15 is 0 Å². The Morgan fingerprint density at radius 1 is 1.11 bits per heavy atom. The van der Waals surface area contributed by atoms with Gasteiger partial charge in [-0.25, -0.2) is 0 Å². The van der Waals surface area contributed by atoms with Crippen molar-refractivity contribution in [3.8, 4) is 0 Å². The standard InChI is InChI=1S/C29H34ClN3O3/c1-28(36,22-7-5-4-6-8-22)27(35)33-18-29(19-33)16-23(17-29)32-13-11-20(12-14-32)21-9-10-24(25(30)15-21)26(34)31(2)3/h4-11,15,23,36H,12-14,16-19H2,1-3H3. The summed E-state index contributed by atoms with van der Waals surface area (Å²) in [6.07, 6.45) is 5.42. The molecule has 2 aliphatic heterocycles. The van der Waals surface area contributed by atoms with Crippen LogP contribution in [0.2, 0.25) is 5.02 Å². The summed E-state index contributed by atoms with van der Waals surface area (Å²) >= 11 is 6.42. The fourth-order valence-corrected chi connectivity index (χ4v) is 6.23. The number of benzene rings is 2. The van der Waals surface area contributed by atoms with Crippen LogP contribution in [-0.2, 0) is 10.4 Å². The minimum absolute atomic E-state index is 0.0887. The lowest BCUT2D eigenvalue weighted by molar-refractivity contribution is -0.174. The molecule has 1 aliphatic carbocycles. The maximum absolute atomic E-state index is 13.0. The first-order valence-electron chi connectivity index (χ1n) is 12.6. The molecule has 1 spiro atoms. The number of likely N-dealkylation sites (tertiary alicyclic amines) is 1. The number of nitrogens with zero attached hydrogens (tertiary/aromatic N) is 3. The highest BCUT2D eigenvalue weighted by Gasteiger charge is 2.56. The second-order valence-electron chi connectivity index (χ2n) is 11.0. The molecule has 2 fully saturated rings. The van der Waals surface area contributed by atoms with Gasteiger partial charge in [0.25, 0.3) is 11.8 Å². The lowest BCUT2D eigenvalue weighted by atomic mass is 9.59. The number of hydrogen-bond acceptors (Lipinski definition) is 4. The van der Waals surface area contributed by atoms with Crippen LogP contribution in [0, 0.1) is 5.41 Å². The minimum Gasteiger partial charge on any atom is -0.376 e. The highest BCUT2D eigenvalue weighted by Crippen LogP contribution is 2.51. The second kappa shape index (κ2) is 9.33. The third-order valence-corrected chi connectivity index (χ3v) is 8.48. The van der Waals surface area contributed by atoms with Crippen LogP contribution in [0.5, 0.6) is 0 Å². The largest absolute Gasteiger partial charge is 0.376 e. The molecular formula is C29H34ClN3O3. The normalized spacial score (nSPS) is 21.2. The van der Waals surface area contributed by atoms with Gasteiger partial charge in [0, 0.05) is 51.7 Å². The predicted molar refractivity (Wildman–Crippen MR) is 142 cm³/mol. The predicted octanol–water partition coefficient (Wildman–Crippen LogP) is 4.03. The van der Waals surface area contributed by atoms with Crippen LogP contribution in [0.4, 0.5) is 0 Å². The van der Waals surface area contributed by atoms with Crippen molar-refractivity contribution in [3.05, 3.63) is 76.3 Å². The average Bonchev–Trinajstić information content (AvgIpc) is 2.82. The molecule has 36 heavy (non-hydrogen) atoms. The number of halogens is 1. The van der Waals surface area contributed by atoms with Gasteiger partial charge in [-0.3, -0.25) is 14.5 Å². The molecule has 2 aromatic carbocycles. The van der Waals surface area contributed by atoms with Gasteiger partial charge >= 0.3 is 0 Å². The van der Waals surface area contributed by atoms with Gasteiger partial charge in [-0.15, -0.1) is 0 Å². The Bertz CT molecular complexity index is 1190. The molecule has 1 saturated carbocycles. The Morgan fingerprint density at radius 3 is 2.39 bits per heavy atom. The molecule has 5 rings (SSSR count). The van der Waals surface area contributed by atoms with Gasteiger partial charge in [-0.05, 0) is 55.0 Å². The molecule has 2 amide bonds. The summed E-state index contributed by atoms with van der Waals surface area (Å²) in [6.45, 7) is 4.95. The van der Waals surface area contributed by atoms with Gasteiger partial charge in [0.1, 0.15) is 0 Å². The average molecular weight is 508 g/mol. The summed E-state index contributed by atoms with van der Waals surface area (Å²) in [6, 6.07) is 15.4. The van der Waals surface area contributed by atoms with Crippen molar-refractivity contribution >= 4 is 29.0 Å². The maximum Gasteiger partial charge on any atom is 0.258 e. The van der Waals surface area contributed by atoms with Gasteiger partial charge < -0.3 is 14.9 Å². The Balaban J connectivity index is 1.13. The van der Waals surface area contributed by atoms with Crippen molar-refractivity contribution in [1.82, 2.24) is 14.7 Å². The molecule has 2 heterocycles. The number of carbonyl (C=O) groups is 2. The third-order valence-electron chi connectivity index (χ3n) is 8.16. The first kappa shape index (κ1) is 25.0. The Labute approximate surface area is 218 Å². The zero-order valence-electron chi connectivity index (χ0n) is 21.2. The number of rotatable bonds is 5. The van der Waals surface area contributed by atoms with Crippen molar-refractivity contribution in [2.24, 2.45) is 5.41 Å². The summed E-state index contributed by atoms with van der Waals surface area (Å²) < 4.78 is 0. The van der Waals surface area contributed by atoms with Crippen molar-refractivity contribution in [1.29, 1.82) is 0 Å². The smallest absolute Gasteiger partial charge is 0.258 e. The molecule has 190 valence electrons. The Kier molecular flexibility index (Phi) is 6.48. The van der Waals surface area contributed by atoms with Crippen molar-refractivity contribution < 1.29 is 14.7 Å². The van der Waals surface area contributed by atoms with E-state index in [0.717, 1.165) is 51.0 Å². The fourth-order valence-electron chi connectivity index (χ4n) is 5.97. The monoisotopic (exact) mass is 507 g/mol. The van der Waals surface area contributed by atoms with E-state index in [2.05, 4.69) is 11.0 Å². The van der Waals surface area contributed by atoms with E-state index in [4.69, 9.17) is 11.6 Å². The molecule has 1 saturated heterocycles. The van der Waals surface area contributed by atoms with Crippen LogP contribution in [0.3, 0.4) is 0 Å². The number of aliphatic hydroxyl groups is 1. The van der Waals surface area contributed by atoms with Gasteiger partial charge in [0.05, 0.1) is 10.6 Å². The van der Waals surface area contributed by atoms with Gasteiger partial charge in [0.15, 0.2) is 5.60 Å². The lowest BCUT2D eigenvalue weighted by Crippen LogP contribution is -2.69. The number of hydrogen-bond donors (Lipinski definition) is 1. The van der Waals surface area contributed by atoms with E-state index in [9.17, 15) is 14.7 Å². The number of carbonyl (C=O) groups excluding carboxylic acids is 2. The van der Waals surface area contributed by atoms with Crippen LogP contribution in [0.1, 0.15) is 47.7 Å². The molecule has 0 bridgehead atoms. The zero-order valence-corrected chi connectivity index (χ0v) is 22.0. The van der Waals surface area contributed by atoms with Gasteiger partial charge in [0.2, 0.25) is 0 Å². The highest BCUT2D eigenvalue weighted by molar-refractivity contribution is 6.34. The van der Waals surface area contributed by atoms with E-state index in [1.54, 1.807) is 33.2 Å². The van der Waals surface area contributed by atoms with Crippen LogP contribution >= 0.6 is 11.6 Å². The third kappa shape index (κ3) is 4.47. The van der Waals surface area contributed by atoms with Crippen LogP contribution in [0.15, 0.2) is 54.6 Å². The SMILES string of the molecule is CN(C)C(=O)c1ccc(C2=CCN(C3CC4(C3)CN(C(=O)C(C)(O)c3ccccc3)C4)CC2)cc1Cl. The summed E-state index contributed by atoms with van der Waals surface area (Å²) in [5.74, 6) is -0.292. The van der Waals surface area contributed by atoms with E-state index in [0.29, 0.717) is 22.2 Å². The molecule has 0 radical (unpaired) electrons. The molecule has 6 nitrogen and oxygen atoms in total. The van der Waals surface area contributed by atoms with Crippen LogP contribution < -0.4 is 0 Å². The van der Waals surface area contributed by atoms with E-state index in [-0.39, 0.29) is 17.2 Å². The molecule has 1 atom stereocenters.